The Morgan fingerprint density at radius 3 is 1.80 bits per heavy atom. The number of hydrogen-bond acceptors (Lipinski definition) is 3. The van der Waals surface area contributed by atoms with Gasteiger partial charge in [-0.15, -0.1) is 0 Å². The molecule has 0 aromatic heterocycles. The number of carboxylic acids is 1. The molecule has 0 aliphatic heterocycles. The molecule has 0 amide bonds. The number of hydrogen-bond donors (Lipinski definition) is 1. The third kappa shape index (κ3) is 41.0. The van der Waals surface area contributed by atoms with E-state index in [1.165, 1.54) is 0 Å². The fourth-order valence-corrected chi connectivity index (χ4v) is 0.577. The van der Waals surface area contributed by atoms with E-state index in [-0.39, 0.29) is 35.0 Å². The third-order valence-corrected chi connectivity index (χ3v) is 1.38. The average molecular weight is 227 g/mol. The monoisotopic (exact) mass is 227 g/mol. The second-order valence-corrected chi connectivity index (χ2v) is 2.75. The number of carboxylic acid groups (broad SMARTS) is 1. The molecular formula is C10H20NaO4-. The number of aliphatic carboxylic acids is 1. The Morgan fingerprint density at radius 2 is 1.67 bits per heavy atom. The van der Waals surface area contributed by atoms with Gasteiger partial charge in [-0.05, 0) is 6.42 Å². The van der Waals surface area contributed by atoms with Crippen LogP contribution in [0.2, 0.25) is 0 Å². The van der Waals surface area contributed by atoms with Crippen LogP contribution in [0.3, 0.4) is 0 Å². The molecule has 0 bridgehead atoms. The SMILES string of the molecule is CCCCC(=O)O.CCCC[C-]=O.[Na+].[OH-]. The van der Waals surface area contributed by atoms with Crippen molar-refractivity contribution in [2.24, 2.45) is 0 Å². The van der Waals surface area contributed by atoms with Crippen molar-refractivity contribution in [1.29, 1.82) is 0 Å². The molecule has 0 fully saturated rings. The van der Waals surface area contributed by atoms with Gasteiger partial charge in [-0.3, -0.25) is 11.1 Å². The minimum Gasteiger partial charge on any atom is -0.870 e. The predicted octanol–water partition coefficient (Wildman–Crippen LogP) is -0.625. The van der Waals surface area contributed by atoms with Gasteiger partial charge in [-0.25, -0.2) is 0 Å². The predicted molar refractivity (Wildman–Crippen MR) is 54.3 cm³/mol. The van der Waals surface area contributed by atoms with Crippen LogP contribution in [0.25, 0.3) is 0 Å². The van der Waals surface area contributed by atoms with Crippen LogP contribution in [-0.4, -0.2) is 22.8 Å². The van der Waals surface area contributed by atoms with E-state index < -0.39 is 5.97 Å². The maximum Gasteiger partial charge on any atom is 1.00 e. The van der Waals surface area contributed by atoms with Crippen LogP contribution in [0.1, 0.15) is 52.4 Å². The summed E-state index contributed by atoms with van der Waals surface area (Å²) in [5.74, 6) is -0.693. The van der Waals surface area contributed by atoms with Crippen molar-refractivity contribution in [3.63, 3.8) is 0 Å². The Hall–Kier alpha value is 0.1000. The van der Waals surface area contributed by atoms with Crippen LogP contribution in [0.15, 0.2) is 0 Å². The molecule has 0 unspecified atom stereocenters. The zero-order valence-corrected chi connectivity index (χ0v) is 12.0. The van der Waals surface area contributed by atoms with Crippen molar-refractivity contribution >= 4 is 12.3 Å². The fraction of sp³-hybridized carbons (Fsp3) is 0.800. The van der Waals surface area contributed by atoms with Crippen LogP contribution in [0.5, 0.6) is 0 Å². The molecule has 0 saturated heterocycles. The van der Waals surface area contributed by atoms with Gasteiger partial charge in [0.15, 0.2) is 0 Å². The molecule has 0 aromatic carbocycles. The van der Waals surface area contributed by atoms with E-state index in [4.69, 9.17) is 5.11 Å². The zero-order chi connectivity index (χ0) is 10.5. The smallest absolute Gasteiger partial charge is 0.870 e. The maximum atomic E-state index is 9.76. The number of carbonyl (C=O) groups is 1. The number of carbonyl (C=O) groups excluding carboxylic acids is 1. The summed E-state index contributed by atoms with van der Waals surface area (Å²) in [5, 5.41) is 8.04. The summed E-state index contributed by atoms with van der Waals surface area (Å²) in [6.45, 7) is 4.03. The minimum atomic E-state index is -0.693. The Balaban J connectivity index is -0.0000000718. The Bertz CT molecular complexity index is 129. The van der Waals surface area contributed by atoms with Gasteiger partial charge in [-0.2, -0.15) is 6.42 Å². The quantitative estimate of drug-likeness (QED) is 0.372. The molecule has 0 spiro atoms. The maximum absolute atomic E-state index is 9.76. The summed E-state index contributed by atoms with van der Waals surface area (Å²) in [7, 11) is 0. The van der Waals surface area contributed by atoms with Crippen LogP contribution in [0.4, 0.5) is 0 Å². The van der Waals surface area contributed by atoms with Gasteiger partial charge < -0.3 is 15.4 Å². The van der Waals surface area contributed by atoms with Gasteiger partial charge in [0.1, 0.15) is 0 Å². The third-order valence-electron chi connectivity index (χ3n) is 1.38. The van der Waals surface area contributed by atoms with Crippen molar-refractivity contribution < 1.29 is 49.7 Å². The molecule has 86 valence electrons. The van der Waals surface area contributed by atoms with Crippen molar-refractivity contribution in [2.45, 2.75) is 52.4 Å². The molecule has 0 radical (unpaired) electrons. The number of rotatable bonds is 6. The topological polar surface area (TPSA) is 84.4 Å². The largest absolute Gasteiger partial charge is 1.00 e. The van der Waals surface area contributed by atoms with E-state index in [1.807, 2.05) is 13.2 Å². The van der Waals surface area contributed by atoms with E-state index >= 15 is 0 Å². The number of unbranched alkanes of at least 4 members (excludes halogenated alkanes) is 3. The molecule has 0 saturated carbocycles. The molecule has 0 aromatic rings. The van der Waals surface area contributed by atoms with E-state index in [0.29, 0.717) is 12.8 Å². The molecule has 4 nitrogen and oxygen atoms in total. The molecule has 2 N–H and O–H groups in total. The van der Waals surface area contributed by atoms with Crippen molar-refractivity contribution in [2.75, 3.05) is 0 Å². The van der Waals surface area contributed by atoms with Gasteiger partial charge in [0.05, 0.1) is 0 Å². The second kappa shape index (κ2) is 23.7. The summed E-state index contributed by atoms with van der Waals surface area (Å²) in [6.07, 6.45) is 6.59. The minimum absolute atomic E-state index is 0. The van der Waals surface area contributed by atoms with E-state index in [9.17, 15) is 9.59 Å². The second-order valence-electron chi connectivity index (χ2n) is 2.75. The first kappa shape index (κ1) is 24.4. The summed E-state index contributed by atoms with van der Waals surface area (Å²) in [5.41, 5.74) is 0. The summed E-state index contributed by atoms with van der Waals surface area (Å²) < 4.78 is 0. The van der Waals surface area contributed by atoms with Crippen LogP contribution < -0.4 is 29.6 Å². The standard InChI is InChI=1S/C5H10O2.C5H9O.Na.H2O/c1-2-3-4-5(6)7;1-2-3-4-5-6;;/h2-4H2,1H3,(H,6,7);2-4H2,1H3;;1H2/q;-1;+1;/p-1. The van der Waals surface area contributed by atoms with Crippen LogP contribution in [-0.2, 0) is 9.59 Å². The molecule has 0 rings (SSSR count). The summed E-state index contributed by atoms with van der Waals surface area (Å²) in [6, 6.07) is 0. The van der Waals surface area contributed by atoms with Gasteiger partial charge >= 0.3 is 35.5 Å². The first-order chi connectivity index (χ1) is 6.18. The summed E-state index contributed by atoms with van der Waals surface area (Å²) in [4.78, 5) is 19.2. The van der Waals surface area contributed by atoms with Crippen molar-refractivity contribution in [1.82, 2.24) is 0 Å². The first-order valence-electron chi connectivity index (χ1n) is 4.75. The average Bonchev–Trinajstić information content (AvgIpc) is 2.12. The Kier molecular flexibility index (Phi) is 38.5. The van der Waals surface area contributed by atoms with Crippen LogP contribution in [0, 0.1) is 0 Å². The Morgan fingerprint density at radius 1 is 1.20 bits per heavy atom. The van der Waals surface area contributed by atoms with Crippen molar-refractivity contribution in [3.8, 4) is 0 Å². The van der Waals surface area contributed by atoms with Crippen molar-refractivity contribution in [3.05, 3.63) is 0 Å². The molecule has 0 atom stereocenters. The zero-order valence-electron chi connectivity index (χ0n) is 9.95. The fourth-order valence-electron chi connectivity index (χ4n) is 0.577. The van der Waals surface area contributed by atoms with Gasteiger partial charge in [0.25, 0.3) is 0 Å². The van der Waals surface area contributed by atoms with E-state index in [2.05, 4.69) is 6.92 Å². The molecule has 0 aliphatic rings. The van der Waals surface area contributed by atoms with Gasteiger partial charge in [0.2, 0.25) is 0 Å². The molecule has 0 aliphatic carbocycles. The molecule has 5 heteroatoms. The molecule has 15 heavy (non-hydrogen) atoms. The molecular weight excluding hydrogens is 207 g/mol. The molecule has 0 heterocycles. The first-order valence-corrected chi connectivity index (χ1v) is 4.75. The van der Waals surface area contributed by atoms with Gasteiger partial charge in [0, 0.05) is 6.42 Å². The summed E-state index contributed by atoms with van der Waals surface area (Å²) >= 11 is 0. The normalized spacial score (nSPS) is 7.33. The van der Waals surface area contributed by atoms with E-state index in [1.54, 1.807) is 0 Å². The Labute approximate surface area is 114 Å². The van der Waals surface area contributed by atoms with Crippen LogP contribution >= 0.6 is 0 Å². The van der Waals surface area contributed by atoms with Gasteiger partial charge in [-0.1, -0.05) is 33.1 Å². The van der Waals surface area contributed by atoms with E-state index in [0.717, 1.165) is 25.7 Å².